The first kappa shape index (κ1) is 19.0. The highest BCUT2D eigenvalue weighted by Crippen LogP contribution is 2.18. The number of aliphatic hydroxyl groups is 1. The molecule has 3 rings (SSSR count). The molecule has 0 saturated carbocycles. The van der Waals surface area contributed by atoms with E-state index in [0.717, 1.165) is 19.4 Å². The lowest BCUT2D eigenvalue weighted by Crippen LogP contribution is -2.42. The van der Waals surface area contributed by atoms with Gasteiger partial charge < -0.3 is 15.7 Å². The van der Waals surface area contributed by atoms with Gasteiger partial charge in [0.25, 0.3) is 5.91 Å². The third-order valence-corrected chi connectivity index (χ3v) is 4.40. The fourth-order valence-electron chi connectivity index (χ4n) is 3.09. The average molecular weight is 371 g/mol. The Morgan fingerprint density at radius 2 is 1.85 bits per heavy atom. The van der Waals surface area contributed by atoms with Gasteiger partial charge in [-0.05, 0) is 55.8 Å². The molecule has 7 heteroatoms. The van der Waals surface area contributed by atoms with E-state index in [1.54, 1.807) is 24.3 Å². The van der Waals surface area contributed by atoms with E-state index in [1.165, 1.54) is 24.3 Å². The Balaban J connectivity index is 1.65. The maximum atomic E-state index is 13.0. The number of halogens is 1. The minimum absolute atomic E-state index is 0.158. The summed E-state index contributed by atoms with van der Waals surface area (Å²) >= 11 is 0. The molecule has 2 aromatic rings. The summed E-state index contributed by atoms with van der Waals surface area (Å²) in [6.07, 6.45) is 1.20. The quantitative estimate of drug-likeness (QED) is 0.754. The molecular weight excluding hydrogens is 349 g/mol. The third kappa shape index (κ3) is 5.35. The van der Waals surface area contributed by atoms with Crippen molar-refractivity contribution in [2.75, 3.05) is 30.3 Å². The SMILES string of the molecule is O=C(CN1CCC[C@H](O)C1)Nc1ccccc1C(=O)Nc1ccc(F)cc1. The molecule has 1 fully saturated rings. The number of amides is 2. The number of carbonyl (C=O) groups excluding carboxylic acids is 2. The van der Waals surface area contributed by atoms with Crippen molar-refractivity contribution in [2.24, 2.45) is 0 Å². The van der Waals surface area contributed by atoms with E-state index in [1.807, 2.05) is 4.90 Å². The second kappa shape index (κ2) is 8.75. The van der Waals surface area contributed by atoms with Crippen LogP contribution >= 0.6 is 0 Å². The first-order valence-electron chi connectivity index (χ1n) is 8.87. The van der Waals surface area contributed by atoms with Crippen molar-refractivity contribution in [1.82, 2.24) is 4.90 Å². The number of nitrogens with one attached hydrogen (secondary N) is 2. The van der Waals surface area contributed by atoms with Crippen LogP contribution in [0.15, 0.2) is 48.5 Å². The minimum Gasteiger partial charge on any atom is -0.392 e. The van der Waals surface area contributed by atoms with Gasteiger partial charge in [-0.25, -0.2) is 4.39 Å². The zero-order valence-electron chi connectivity index (χ0n) is 14.8. The molecule has 2 amide bonds. The summed E-state index contributed by atoms with van der Waals surface area (Å²) in [6.45, 7) is 1.39. The molecule has 0 spiro atoms. The van der Waals surface area contributed by atoms with Gasteiger partial charge in [-0.2, -0.15) is 0 Å². The Morgan fingerprint density at radius 1 is 1.11 bits per heavy atom. The monoisotopic (exact) mass is 371 g/mol. The highest BCUT2D eigenvalue weighted by molar-refractivity contribution is 6.10. The van der Waals surface area contributed by atoms with Crippen molar-refractivity contribution in [3.63, 3.8) is 0 Å². The lowest BCUT2D eigenvalue weighted by atomic mass is 10.1. The van der Waals surface area contributed by atoms with E-state index in [-0.39, 0.29) is 18.3 Å². The Hall–Kier alpha value is -2.77. The molecule has 27 heavy (non-hydrogen) atoms. The van der Waals surface area contributed by atoms with E-state index < -0.39 is 12.0 Å². The number of rotatable bonds is 5. The molecule has 1 aliphatic heterocycles. The molecule has 3 N–H and O–H groups in total. The Bertz CT molecular complexity index is 810. The molecule has 0 unspecified atom stereocenters. The van der Waals surface area contributed by atoms with Gasteiger partial charge in [-0.3, -0.25) is 14.5 Å². The van der Waals surface area contributed by atoms with E-state index in [0.29, 0.717) is 23.5 Å². The second-order valence-electron chi connectivity index (χ2n) is 6.59. The normalized spacial score (nSPS) is 17.3. The molecule has 1 atom stereocenters. The lowest BCUT2D eigenvalue weighted by molar-refractivity contribution is -0.118. The Labute approximate surface area is 157 Å². The van der Waals surface area contributed by atoms with Gasteiger partial charge in [0.1, 0.15) is 5.82 Å². The van der Waals surface area contributed by atoms with Gasteiger partial charge in [-0.15, -0.1) is 0 Å². The van der Waals surface area contributed by atoms with Crippen LogP contribution in [-0.2, 0) is 4.79 Å². The van der Waals surface area contributed by atoms with Crippen LogP contribution in [0.5, 0.6) is 0 Å². The lowest BCUT2D eigenvalue weighted by Gasteiger charge is -2.29. The summed E-state index contributed by atoms with van der Waals surface area (Å²) in [5, 5.41) is 15.2. The molecule has 0 radical (unpaired) electrons. The number of anilines is 2. The number of hydrogen-bond acceptors (Lipinski definition) is 4. The summed E-state index contributed by atoms with van der Waals surface area (Å²) < 4.78 is 13.0. The Kier molecular flexibility index (Phi) is 6.16. The van der Waals surface area contributed by atoms with Gasteiger partial charge >= 0.3 is 0 Å². The smallest absolute Gasteiger partial charge is 0.257 e. The number of piperidine rings is 1. The molecule has 6 nitrogen and oxygen atoms in total. The van der Waals surface area contributed by atoms with Gasteiger partial charge in [-0.1, -0.05) is 12.1 Å². The van der Waals surface area contributed by atoms with E-state index in [9.17, 15) is 19.1 Å². The molecule has 0 aromatic heterocycles. The molecular formula is C20H22FN3O3. The van der Waals surface area contributed by atoms with Crippen molar-refractivity contribution in [2.45, 2.75) is 18.9 Å². The highest BCUT2D eigenvalue weighted by atomic mass is 19.1. The van der Waals surface area contributed by atoms with Crippen molar-refractivity contribution >= 4 is 23.2 Å². The first-order valence-corrected chi connectivity index (χ1v) is 8.87. The predicted octanol–water partition coefficient (Wildman–Crippen LogP) is 2.47. The molecule has 1 aliphatic rings. The number of benzene rings is 2. The number of β-amino-alcohol motifs (C(OH)–C–C–N with tert-alkyl or cyclic N) is 1. The molecule has 1 heterocycles. The zero-order chi connectivity index (χ0) is 19.2. The van der Waals surface area contributed by atoms with Crippen LogP contribution in [-0.4, -0.2) is 47.6 Å². The number of para-hydroxylation sites is 1. The van der Waals surface area contributed by atoms with Crippen LogP contribution in [0.4, 0.5) is 15.8 Å². The fraction of sp³-hybridized carbons (Fsp3) is 0.300. The van der Waals surface area contributed by atoms with Gasteiger partial charge in [0, 0.05) is 12.2 Å². The predicted molar refractivity (Wildman–Crippen MR) is 101 cm³/mol. The summed E-state index contributed by atoms with van der Waals surface area (Å²) in [4.78, 5) is 26.8. The number of hydrogen-bond donors (Lipinski definition) is 3. The maximum absolute atomic E-state index is 13.0. The summed E-state index contributed by atoms with van der Waals surface area (Å²) in [5.74, 6) is -1.03. The number of aliphatic hydroxyl groups excluding tert-OH is 1. The van der Waals surface area contributed by atoms with Crippen molar-refractivity contribution < 1.29 is 19.1 Å². The van der Waals surface area contributed by atoms with Crippen LogP contribution in [0.2, 0.25) is 0 Å². The van der Waals surface area contributed by atoms with Crippen LogP contribution in [0, 0.1) is 5.82 Å². The van der Waals surface area contributed by atoms with Crippen molar-refractivity contribution in [1.29, 1.82) is 0 Å². The topological polar surface area (TPSA) is 81.7 Å². The molecule has 0 bridgehead atoms. The number of carbonyl (C=O) groups is 2. The summed E-state index contributed by atoms with van der Waals surface area (Å²) in [6, 6.07) is 12.2. The average Bonchev–Trinajstić information content (AvgIpc) is 2.64. The third-order valence-electron chi connectivity index (χ3n) is 4.40. The molecule has 142 valence electrons. The second-order valence-corrected chi connectivity index (χ2v) is 6.59. The minimum atomic E-state index is -0.402. The molecule has 2 aromatic carbocycles. The van der Waals surface area contributed by atoms with Gasteiger partial charge in [0.05, 0.1) is 23.9 Å². The van der Waals surface area contributed by atoms with Crippen LogP contribution in [0.1, 0.15) is 23.2 Å². The molecule has 0 aliphatic carbocycles. The van der Waals surface area contributed by atoms with Crippen LogP contribution in [0.25, 0.3) is 0 Å². The van der Waals surface area contributed by atoms with Gasteiger partial charge in [0.15, 0.2) is 0 Å². The van der Waals surface area contributed by atoms with E-state index >= 15 is 0 Å². The van der Waals surface area contributed by atoms with Crippen LogP contribution in [0.3, 0.4) is 0 Å². The standard InChI is InChI=1S/C20H22FN3O3/c21-14-7-9-15(10-8-14)22-20(27)17-5-1-2-6-18(17)23-19(26)13-24-11-3-4-16(25)12-24/h1-2,5-10,16,25H,3-4,11-13H2,(H,22,27)(H,23,26)/t16-/m0/s1. The van der Waals surface area contributed by atoms with Crippen molar-refractivity contribution in [3.8, 4) is 0 Å². The van der Waals surface area contributed by atoms with Crippen LogP contribution < -0.4 is 10.6 Å². The molecule has 1 saturated heterocycles. The van der Waals surface area contributed by atoms with Gasteiger partial charge in [0.2, 0.25) is 5.91 Å². The number of likely N-dealkylation sites (tertiary alicyclic amines) is 1. The fourth-order valence-corrected chi connectivity index (χ4v) is 3.09. The first-order chi connectivity index (χ1) is 13.0. The zero-order valence-corrected chi connectivity index (χ0v) is 14.8. The van der Waals surface area contributed by atoms with Crippen molar-refractivity contribution in [3.05, 3.63) is 59.9 Å². The maximum Gasteiger partial charge on any atom is 0.257 e. The highest BCUT2D eigenvalue weighted by Gasteiger charge is 2.20. The number of nitrogens with zero attached hydrogens (tertiary/aromatic N) is 1. The Morgan fingerprint density at radius 3 is 2.59 bits per heavy atom. The van der Waals surface area contributed by atoms with E-state index in [2.05, 4.69) is 10.6 Å². The summed E-state index contributed by atoms with van der Waals surface area (Å²) in [5.41, 5.74) is 1.18. The van der Waals surface area contributed by atoms with E-state index in [4.69, 9.17) is 0 Å². The summed E-state index contributed by atoms with van der Waals surface area (Å²) in [7, 11) is 0. The largest absolute Gasteiger partial charge is 0.392 e.